The molecule has 0 spiro atoms. The second-order valence-electron chi connectivity index (χ2n) is 4.89. The van der Waals surface area contributed by atoms with Crippen molar-refractivity contribution in [2.75, 3.05) is 24.3 Å². The lowest BCUT2D eigenvalue weighted by atomic mass is 10.2. The van der Waals surface area contributed by atoms with E-state index in [1.54, 1.807) is 7.11 Å². The molecule has 0 atom stereocenters. The summed E-state index contributed by atoms with van der Waals surface area (Å²) in [5, 5.41) is 0. The van der Waals surface area contributed by atoms with Crippen LogP contribution in [0.15, 0.2) is 54.6 Å². The first-order valence-electron chi connectivity index (χ1n) is 6.86. The molecule has 0 saturated heterocycles. The summed E-state index contributed by atoms with van der Waals surface area (Å²) < 4.78 is 36.3. The molecule has 0 heterocycles. The van der Waals surface area contributed by atoms with E-state index in [0.717, 1.165) is 11.3 Å². The van der Waals surface area contributed by atoms with Crippen LogP contribution in [0, 0.1) is 0 Å². The van der Waals surface area contributed by atoms with Crippen LogP contribution in [-0.4, -0.2) is 32.4 Å². The molecule has 118 valence electrons. The summed E-state index contributed by atoms with van der Waals surface area (Å²) >= 11 is 0. The number of benzene rings is 2. The first-order chi connectivity index (χ1) is 10.5. The SMILES string of the molecule is COc1cccc(N(CCS(=O)(=O)O)Cc2ccccc2)c1. The van der Waals surface area contributed by atoms with Crippen LogP contribution in [0.5, 0.6) is 5.75 Å². The van der Waals surface area contributed by atoms with Gasteiger partial charge in [-0.2, -0.15) is 8.42 Å². The van der Waals surface area contributed by atoms with Crippen LogP contribution in [0.1, 0.15) is 5.56 Å². The van der Waals surface area contributed by atoms with Gasteiger partial charge in [0.2, 0.25) is 0 Å². The second kappa shape index (κ2) is 7.29. The Balaban J connectivity index is 2.23. The molecule has 0 fully saturated rings. The van der Waals surface area contributed by atoms with Gasteiger partial charge in [0, 0.05) is 24.8 Å². The molecule has 2 aromatic rings. The van der Waals surface area contributed by atoms with Crippen LogP contribution in [-0.2, 0) is 16.7 Å². The number of rotatable bonds is 7. The summed E-state index contributed by atoms with van der Waals surface area (Å²) in [7, 11) is -2.43. The van der Waals surface area contributed by atoms with Gasteiger partial charge < -0.3 is 9.64 Å². The molecule has 22 heavy (non-hydrogen) atoms. The van der Waals surface area contributed by atoms with Crippen molar-refractivity contribution in [3.8, 4) is 5.75 Å². The lowest BCUT2D eigenvalue weighted by Crippen LogP contribution is -2.28. The van der Waals surface area contributed by atoms with Crippen LogP contribution in [0.2, 0.25) is 0 Å². The summed E-state index contributed by atoms with van der Waals surface area (Å²) in [5.74, 6) is 0.374. The van der Waals surface area contributed by atoms with Gasteiger partial charge in [0.15, 0.2) is 0 Å². The topological polar surface area (TPSA) is 66.8 Å². The van der Waals surface area contributed by atoms with E-state index in [2.05, 4.69) is 0 Å². The minimum atomic E-state index is -4.01. The van der Waals surface area contributed by atoms with E-state index in [0.29, 0.717) is 12.3 Å². The predicted molar refractivity (Wildman–Crippen MR) is 86.9 cm³/mol. The molecule has 2 rings (SSSR count). The maximum Gasteiger partial charge on any atom is 0.266 e. The molecule has 0 bridgehead atoms. The van der Waals surface area contributed by atoms with Gasteiger partial charge >= 0.3 is 0 Å². The average molecular weight is 321 g/mol. The van der Waals surface area contributed by atoms with E-state index in [-0.39, 0.29) is 12.3 Å². The Bertz CT molecular complexity index is 701. The van der Waals surface area contributed by atoms with Crippen LogP contribution >= 0.6 is 0 Å². The van der Waals surface area contributed by atoms with Crippen molar-refractivity contribution in [2.45, 2.75) is 6.54 Å². The van der Waals surface area contributed by atoms with Crippen molar-refractivity contribution < 1.29 is 17.7 Å². The number of nitrogens with zero attached hydrogens (tertiary/aromatic N) is 1. The monoisotopic (exact) mass is 321 g/mol. The third-order valence-corrected chi connectivity index (χ3v) is 3.95. The van der Waals surface area contributed by atoms with E-state index < -0.39 is 10.1 Å². The zero-order valence-electron chi connectivity index (χ0n) is 12.3. The van der Waals surface area contributed by atoms with E-state index in [1.165, 1.54) is 0 Å². The molecule has 0 amide bonds. The molecule has 0 aliphatic heterocycles. The van der Waals surface area contributed by atoms with Crippen LogP contribution < -0.4 is 9.64 Å². The highest BCUT2D eigenvalue weighted by Gasteiger charge is 2.13. The molecule has 0 radical (unpaired) electrons. The average Bonchev–Trinajstić information content (AvgIpc) is 2.51. The highest BCUT2D eigenvalue weighted by molar-refractivity contribution is 7.85. The normalized spacial score (nSPS) is 11.2. The van der Waals surface area contributed by atoms with Gasteiger partial charge in [-0.25, -0.2) is 0 Å². The molecular weight excluding hydrogens is 302 g/mol. The lowest BCUT2D eigenvalue weighted by molar-refractivity contribution is 0.415. The summed E-state index contributed by atoms with van der Waals surface area (Å²) in [6, 6.07) is 17.1. The van der Waals surface area contributed by atoms with Crippen molar-refractivity contribution in [1.29, 1.82) is 0 Å². The quantitative estimate of drug-likeness (QED) is 0.794. The van der Waals surface area contributed by atoms with Gasteiger partial charge in [-0.15, -0.1) is 0 Å². The number of hydrogen-bond acceptors (Lipinski definition) is 4. The molecular formula is C16H19NO4S. The predicted octanol–water partition coefficient (Wildman–Crippen LogP) is 2.59. The highest BCUT2D eigenvalue weighted by atomic mass is 32.2. The molecule has 0 unspecified atom stereocenters. The minimum absolute atomic E-state index is 0.195. The Hall–Kier alpha value is -2.05. The van der Waals surface area contributed by atoms with Crippen molar-refractivity contribution in [3.05, 3.63) is 60.2 Å². The van der Waals surface area contributed by atoms with Crippen LogP contribution in [0.3, 0.4) is 0 Å². The van der Waals surface area contributed by atoms with Crippen LogP contribution in [0.25, 0.3) is 0 Å². The summed E-state index contributed by atoms with van der Waals surface area (Å²) in [4.78, 5) is 1.89. The zero-order chi connectivity index (χ0) is 16.0. The van der Waals surface area contributed by atoms with Gasteiger partial charge in [-0.05, 0) is 17.7 Å². The van der Waals surface area contributed by atoms with Gasteiger partial charge in [0.05, 0.1) is 12.9 Å². The third kappa shape index (κ3) is 5.05. The Morgan fingerprint density at radius 1 is 1.09 bits per heavy atom. The zero-order valence-corrected chi connectivity index (χ0v) is 13.2. The molecule has 0 aromatic heterocycles. The maximum atomic E-state index is 11.0. The van der Waals surface area contributed by atoms with Crippen molar-refractivity contribution in [2.24, 2.45) is 0 Å². The maximum absolute atomic E-state index is 11.0. The second-order valence-corrected chi connectivity index (χ2v) is 6.47. The molecule has 6 heteroatoms. The molecule has 5 nitrogen and oxygen atoms in total. The molecule has 0 aliphatic rings. The summed E-state index contributed by atoms with van der Waals surface area (Å²) in [6.45, 7) is 0.740. The third-order valence-electron chi connectivity index (χ3n) is 3.25. The standard InChI is InChI=1S/C16H19NO4S/c1-21-16-9-5-8-15(12-16)17(10-11-22(18,19)20)13-14-6-3-2-4-7-14/h2-9,12H,10-11,13H2,1H3,(H,18,19,20). The first kappa shape index (κ1) is 16.3. The Labute approximate surface area is 130 Å². The van der Waals surface area contributed by atoms with Gasteiger partial charge in [-0.1, -0.05) is 36.4 Å². The Morgan fingerprint density at radius 2 is 1.82 bits per heavy atom. The van der Waals surface area contributed by atoms with E-state index in [1.807, 2.05) is 59.5 Å². The number of ether oxygens (including phenoxy) is 1. The van der Waals surface area contributed by atoms with E-state index >= 15 is 0 Å². The molecule has 0 saturated carbocycles. The lowest BCUT2D eigenvalue weighted by Gasteiger charge is -2.25. The highest BCUT2D eigenvalue weighted by Crippen LogP contribution is 2.22. The van der Waals surface area contributed by atoms with Crippen molar-refractivity contribution in [3.63, 3.8) is 0 Å². The van der Waals surface area contributed by atoms with Gasteiger partial charge in [0.25, 0.3) is 10.1 Å². The van der Waals surface area contributed by atoms with Gasteiger partial charge in [-0.3, -0.25) is 4.55 Å². The van der Waals surface area contributed by atoms with Crippen molar-refractivity contribution in [1.82, 2.24) is 0 Å². The van der Waals surface area contributed by atoms with Crippen molar-refractivity contribution >= 4 is 15.8 Å². The fourth-order valence-corrected chi connectivity index (χ4v) is 2.59. The Morgan fingerprint density at radius 3 is 2.45 bits per heavy atom. The summed E-state index contributed by atoms with van der Waals surface area (Å²) in [5.41, 5.74) is 1.90. The molecule has 2 aromatic carbocycles. The molecule has 1 N–H and O–H groups in total. The number of hydrogen-bond donors (Lipinski definition) is 1. The number of methoxy groups -OCH3 is 1. The van der Waals surface area contributed by atoms with Gasteiger partial charge in [0.1, 0.15) is 5.75 Å². The number of anilines is 1. The summed E-state index contributed by atoms with van der Waals surface area (Å²) in [6.07, 6.45) is 0. The van der Waals surface area contributed by atoms with E-state index in [9.17, 15) is 8.42 Å². The largest absolute Gasteiger partial charge is 0.497 e. The fraction of sp³-hybridized carbons (Fsp3) is 0.250. The van der Waals surface area contributed by atoms with Crippen LogP contribution in [0.4, 0.5) is 5.69 Å². The molecule has 0 aliphatic carbocycles. The van der Waals surface area contributed by atoms with E-state index in [4.69, 9.17) is 9.29 Å². The Kier molecular flexibility index (Phi) is 5.41. The fourth-order valence-electron chi connectivity index (χ4n) is 2.14. The smallest absolute Gasteiger partial charge is 0.266 e. The first-order valence-corrected chi connectivity index (χ1v) is 8.47. The minimum Gasteiger partial charge on any atom is -0.497 e.